The van der Waals surface area contributed by atoms with Crippen LogP contribution < -0.4 is 5.32 Å². The van der Waals surface area contributed by atoms with Gasteiger partial charge in [-0.3, -0.25) is 4.79 Å². The van der Waals surface area contributed by atoms with Crippen LogP contribution in [0, 0.1) is 11.3 Å². The first-order valence-corrected chi connectivity index (χ1v) is 9.78. The Morgan fingerprint density at radius 3 is 2.88 bits per heavy atom. The third-order valence-corrected chi connectivity index (χ3v) is 5.60. The molecule has 0 atom stereocenters. The van der Waals surface area contributed by atoms with Gasteiger partial charge in [0.25, 0.3) is 0 Å². The van der Waals surface area contributed by atoms with Gasteiger partial charge >= 0.3 is 5.97 Å². The molecule has 25 heavy (non-hydrogen) atoms. The van der Waals surface area contributed by atoms with Gasteiger partial charge in [-0.1, -0.05) is 11.8 Å². The minimum absolute atomic E-state index is 0.157. The van der Waals surface area contributed by atoms with Crippen LogP contribution >= 0.6 is 23.5 Å². The molecule has 0 fully saturated rings. The normalized spacial score (nSPS) is 12.4. The highest BCUT2D eigenvalue weighted by Gasteiger charge is 2.20. The van der Waals surface area contributed by atoms with Crippen LogP contribution in [0.4, 0.5) is 11.5 Å². The lowest BCUT2D eigenvalue weighted by atomic mass is 10.2. The zero-order valence-electron chi connectivity index (χ0n) is 13.4. The largest absolute Gasteiger partial charge is 0.481 e. The van der Waals surface area contributed by atoms with Crippen LogP contribution in [-0.4, -0.2) is 32.5 Å². The van der Waals surface area contributed by atoms with Crippen molar-refractivity contribution in [3.8, 4) is 6.07 Å². The molecule has 0 saturated heterocycles. The predicted molar refractivity (Wildman–Crippen MR) is 98.5 cm³/mol. The number of nitriles is 1. The molecule has 8 heteroatoms. The van der Waals surface area contributed by atoms with Crippen LogP contribution in [0.15, 0.2) is 34.3 Å². The minimum Gasteiger partial charge on any atom is -0.481 e. The Hall–Kier alpha value is -2.24. The van der Waals surface area contributed by atoms with Crippen LogP contribution in [0.5, 0.6) is 0 Å². The second kappa shape index (κ2) is 8.23. The maximum absolute atomic E-state index is 10.6. The third kappa shape index (κ3) is 4.65. The van der Waals surface area contributed by atoms with Gasteiger partial charge in [0, 0.05) is 30.0 Å². The number of carboxylic acid groups (broad SMARTS) is 1. The first-order valence-electron chi connectivity index (χ1n) is 7.81. The van der Waals surface area contributed by atoms with Crippen molar-refractivity contribution in [3.05, 3.63) is 35.5 Å². The number of thioether (sulfide) groups is 2. The molecule has 0 amide bonds. The van der Waals surface area contributed by atoms with Crippen LogP contribution in [0.25, 0.3) is 0 Å². The number of fused-ring (bicyclic) bond motifs is 1. The average Bonchev–Trinajstić information content (AvgIpc) is 3.08. The smallest absolute Gasteiger partial charge is 0.303 e. The molecule has 0 bridgehead atoms. The molecule has 0 radical (unpaired) electrons. The highest BCUT2D eigenvalue weighted by atomic mass is 32.2. The molecule has 0 saturated carbocycles. The van der Waals surface area contributed by atoms with Gasteiger partial charge in [-0.15, -0.1) is 11.8 Å². The summed E-state index contributed by atoms with van der Waals surface area (Å²) in [5.41, 5.74) is 2.52. The van der Waals surface area contributed by atoms with Gasteiger partial charge in [0.05, 0.1) is 22.2 Å². The molecule has 2 N–H and O–H groups in total. The first-order chi connectivity index (χ1) is 12.2. The minimum atomic E-state index is -0.782. The van der Waals surface area contributed by atoms with Crippen molar-refractivity contribution in [3.63, 3.8) is 0 Å². The summed E-state index contributed by atoms with van der Waals surface area (Å²) in [7, 11) is 0. The molecule has 0 aliphatic carbocycles. The highest BCUT2D eigenvalue weighted by molar-refractivity contribution is 8.00. The van der Waals surface area contributed by atoms with E-state index in [1.165, 1.54) is 11.8 Å². The van der Waals surface area contributed by atoms with Gasteiger partial charge in [0.2, 0.25) is 0 Å². The summed E-state index contributed by atoms with van der Waals surface area (Å²) >= 11 is 3.22. The van der Waals surface area contributed by atoms with E-state index in [0.29, 0.717) is 22.9 Å². The Balaban J connectivity index is 1.75. The van der Waals surface area contributed by atoms with Crippen molar-refractivity contribution < 1.29 is 9.90 Å². The zero-order chi connectivity index (χ0) is 17.6. The topological polar surface area (TPSA) is 98.9 Å². The number of anilines is 2. The summed E-state index contributed by atoms with van der Waals surface area (Å²) in [6.45, 7) is 0. The van der Waals surface area contributed by atoms with Gasteiger partial charge < -0.3 is 10.4 Å². The summed E-state index contributed by atoms with van der Waals surface area (Å²) in [5, 5.41) is 21.6. The fraction of sp³-hybridized carbons (Fsp3) is 0.294. The summed E-state index contributed by atoms with van der Waals surface area (Å²) < 4.78 is 0. The monoisotopic (exact) mass is 372 g/mol. The quantitative estimate of drug-likeness (QED) is 0.431. The molecule has 1 aromatic heterocycles. The molecule has 2 aromatic rings. The molecule has 128 valence electrons. The van der Waals surface area contributed by atoms with Gasteiger partial charge in [-0.05, 0) is 30.7 Å². The number of nitrogens with one attached hydrogen (secondary N) is 1. The second-order valence-electron chi connectivity index (χ2n) is 5.39. The number of aliphatic carboxylic acids is 1. The number of aromatic nitrogens is 2. The average molecular weight is 372 g/mol. The van der Waals surface area contributed by atoms with E-state index in [1.54, 1.807) is 23.9 Å². The molecule has 1 aliphatic rings. The number of carbonyl (C=O) groups is 1. The first kappa shape index (κ1) is 17.6. The number of benzene rings is 1. The summed E-state index contributed by atoms with van der Waals surface area (Å²) in [6.07, 6.45) is 1.66. The van der Waals surface area contributed by atoms with Crippen molar-refractivity contribution in [2.24, 2.45) is 0 Å². The number of carboxylic acids is 1. The molecular formula is C17H16N4O2S2. The van der Waals surface area contributed by atoms with E-state index in [0.717, 1.165) is 34.3 Å². The van der Waals surface area contributed by atoms with Crippen molar-refractivity contribution in [1.82, 2.24) is 9.97 Å². The number of nitrogens with zero attached hydrogens (tertiary/aromatic N) is 3. The standard InChI is InChI=1S/C17H16N4O2S2/c18-10-11-3-5-12(6-4-11)19-16-15-13(7-9-24-15)20-17(21-16)25-8-1-2-14(22)23/h3-6H,1-2,7-9H2,(H,22,23)(H,19,20,21). The summed E-state index contributed by atoms with van der Waals surface area (Å²) in [6, 6.07) is 9.33. The Morgan fingerprint density at radius 1 is 1.36 bits per heavy atom. The van der Waals surface area contributed by atoms with E-state index >= 15 is 0 Å². The molecule has 1 aliphatic heterocycles. The van der Waals surface area contributed by atoms with Crippen LogP contribution in [0.1, 0.15) is 24.1 Å². The lowest BCUT2D eigenvalue weighted by molar-refractivity contribution is -0.137. The van der Waals surface area contributed by atoms with Gasteiger partial charge in [0.1, 0.15) is 5.82 Å². The maximum atomic E-state index is 10.6. The Morgan fingerprint density at radius 2 is 2.16 bits per heavy atom. The van der Waals surface area contributed by atoms with Crippen molar-refractivity contribution in [1.29, 1.82) is 5.26 Å². The van der Waals surface area contributed by atoms with E-state index in [2.05, 4.69) is 21.4 Å². The molecule has 3 rings (SSSR count). The number of aryl methyl sites for hydroxylation is 1. The molecular weight excluding hydrogens is 356 g/mol. The summed E-state index contributed by atoms with van der Waals surface area (Å²) in [5.74, 6) is 1.65. The van der Waals surface area contributed by atoms with Gasteiger partial charge in [0.15, 0.2) is 5.16 Å². The van der Waals surface area contributed by atoms with E-state index in [4.69, 9.17) is 10.4 Å². The van der Waals surface area contributed by atoms with Crippen molar-refractivity contribution in [2.45, 2.75) is 29.3 Å². The fourth-order valence-corrected chi connectivity index (χ4v) is 4.20. The number of rotatable bonds is 7. The molecule has 0 spiro atoms. The highest BCUT2D eigenvalue weighted by Crippen LogP contribution is 2.37. The summed E-state index contributed by atoms with van der Waals surface area (Å²) in [4.78, 5) is 20.9. The van der Waals surface area contributed by atoms with Crippen LogP contribution in [-0.2, 0) is 11.2 Å². The Kier molecular flexibility index (Phi) is 5.79. The number of hydrogen-bond acceptors (Lipinski definition) is 7. The molecule has 6 nitrogen and oxygen atoms in total. The van der Waals surface area contributed by atoms with E-state index in [-0.39, 0.29) is 6.42 Å². The molecule has 0 unspecified atom stereocenters. The van der Waals surface area contributed by atoms with E-state index in [9.17, 15) is 4.79 Å². The lowest BCUT2D eigenvalue weighted by Gasteiger charge is -2.11. The fourth-order valence-electron chi connectivity index (χ4n) is 2.35. The van der Waals surface area contributed by atoms with Crippen LogP contribution in [0.2, 0.25) is 0 Å². The van der Waals surface area contributed by atoms with E-state index < -0.39 is 5.97 Å². The molecule has 2 heterocycles. The number of hydrogen-bond donors (Lipinski definition) is 2. The zero-order valence-corrected chi connectivity index (χ0v) is 15.0. The Labute approximate surface area is 154 Å². The predicted octanol–water partition coefficient (Wildman–Crippen LogP) is 3.70. The van der Waals surface area contributed by atoms with Gasteiger partial charge in [-0.2, -0.15) is 5.26 Å². The van der Waals surface area contributed by atoms with Crippen molar-refractivity contribution in [2.75, 3.05) is 16.8 Å². The lowest BCUT2D eigenvalue weighted by Crippen LogP contribution is -2.02. The Bertz CT molecular complexity index is 819. The SMILES string of the molecule is N#Cc1ccc(Nc2nc(SCCCC(=O)O)nc3c2SCC3)cc1. The van der Waals surface area contributed by atoms with Crippen LogP contribution in [0.3, 0.4) is 0 Å². The van der Waals surface area contributed by atoms with Gasteiger partial charge in [-0.25, -0.2) is 9.97 Å². The maximum Gasteiger partial charge on any atom is 0.303 e. The van der Waals surface area contributed by atoms with Crippen molar-refractivity contribution >= 4 is 41.0 Å². The second-order valence-corrected chi connectivity index (χ2v) is 7.56. The van der Waals surface area contributed by atoms with E-state index in [1.807, 2.05) is 12.1 Å². The molecule has 1 aromatic carbocycles. The third-order valence-electron chi connectivity index (χ3n) is 3.54.